The van der Waals surface area contributed by atoms with Crippen molar-refractivity contribution in [1.82, 2.24) is 10.2 Å². The van der Waals surface area contributed by atoms with Crippen molar-refractivity contribution in [1.29, 1.82) is 0 Å². The quantitative estimate of drug-likeness (QED) is 0.903. The number of hydrogen-bond donors (Lipinski definition) is 1. The third kappa shape index (κ3) is 3.01. The van der Waals surface area contributed by atoms with Gasteiger partial charge in [-0.25, -0.2) is 0 Å². The van der Waals surface area contributed by atoms with Gasteiger partial charge < -0.3 is 14.8 Å². The maximum Gasteiger partial charge on any atom is 0.127 e. The van der Waals surface area contributed by atoms with Gasteiger partial charge in [0.25, 0.3) is 0 Å². The van der Waals surface area contributed by atoms with Gasteiger partial charge in [-0.1, -0.05) is 12.5 Å². The molecule has 4 heteroatoms. The van der Waals surface area contributed by atoms with Gasteiger partial charge in [-0.2, -0.15) is 0 Å². The molecule has 0 spiro atoms. The molecular formula is C17H26N2O2. The van der Waals surface area contributed by atoms with E-state index >= 15 is 0 Å². The molecular weight excluding hydrogens is 264 g/mol. The maximum absolute atomic E-state index is 5.66. The SMILES string of the molecule is COc1ccc([C@@H](C2CCC2)N2CCNCC2)c(OC)c1. The summed E-state index contributed by atoms with van der Waals surface area (Å²) in [5.41, 5.74) is 1.32. The molecule has 1 N–H and O–H groups in total. The lowest BCUT2D eigenvalue weighted by atomic mass is 9.76. The van der Waals surface area contributed by atoms with Gasteiger partial charge in [0.1, 0.15) is 11.5 Å². The van der Waals surface area contributed by atoms with E-state index in [-0.39, 0.29) is 0 Å². The number of hydrogen-bond acceptors (Lipinski definition) is 4. The molecule has 21 heavy (non-hydrogen) atoms. The monoisotopic (exact) mass is 290 g/mol. The molecule has 1 saturated carbocycles. The van der Waals surface area contributed by atoms with Gasteiger partial charge in [0.2, 0.25) is 0 Å². The summed E-state index contributed by atoms with van der Waals surface area (Å²) in [6.07, 6.45) is 4.04. The Bertz CT molecular complexity index is 468. The summed E-state index contributed by atoms with van der Waals surface area (Å²) >= 11 is 0. The van der Waals surface area contributed by atoms with E-state index in [1.165, 1.54) is 24.8 Å². The first-order valence-corrected chi connectivity index (χ1v) is 8.00. The fourth-order valence-electron chi connectivity index (χ4n) is 3.53. The van der Waals surface area contributed by atoms with E-state index in [2.05, 4.69) is 22.3 Å². The smallest absolute Gasteiger partial charge is 0.127 e. The van der Waals surface area contributed by atoms with Gasteiger partial charge in [-0.3, -0.25) is 4.90 Å². The molecule has 1 saturated heterocycles. The average Bonchev–Trinajstić information content (AvgIpc) is 2.51. The number of ether oxygens (including phenoxy) is 2. The van der Waals surface area contributed by atoms with Crippen LogP contribution in [-0.2, 0) is 0 Å². The van der Waals surface area contributed by atoms with Crippen molar-refractivity contribution >= 4 is 0 Å². The van der Waals surface area contributed by atoms with Crippen LogP contribution in [0.4, 0.5) is 0 Å². The van der Waals surface area contributed by atoms with Gasteiger partial charge in [-0.05, 0) is 24.8 Å². The van der Waals surface area contributed by atoms with Gasteiger partial charge >= 0.3 is 0 Å². The zero-order valence-corrected chi connectivity index (χ0v) is 13.1. The molecule has 0 bridgehead atoms. The van der Waals surface area contributed by atoms with Crippen LogP contribution in [0.25, 0.3) is 0 Å². The molecule has 1 atom stereocenters. The van der Waals surface area contributed by atoms with E-state index in [1.807, 2.05) is 6.07 Å². The summed E-state index contributed by atoms with van der Waals surface area (Å²) in [5, 5.41) is 3.45. The van der Waals surface area contributed by atoms with E-state index in [0.29, 0.717) is 6.04 Å². The van der Waals surface area contributed by atoms with Crippen molar-refractivity contribution in [3.63, 3.8) is 0 Å². The van der Waals surface area contributed by atoms with Crippen molar-refractivity contribution in [2.75, 3.05) is 40.4 Å². The van der Waals surface area contributed by atoms with Crippen LogP contribution in [0.5, 0.6) is 11.5 Å². The van der Waals surface area contributed by atoms with Crippen molar-refractivity contribution in [2.24, 2.45) is 5.92 Å². The summed E-state index contributed by atoms with van der Waals surface area (Å²) in [4.78, 5) is 2.63. The summed E-state index contributed by atoms with van der Waals surface area (Å²) in [6, 6.07) is 6.76. The van der Waals surface area contributed by atoms with Gasteiger partial charge in [0.05, 0.1) is 14.2 Å². The summed E-state index contributed by atoms with van der Waals surface area (Å²) < 4.78 is 11.0. The highest BCUT2D eigenvalue weighted by Crippen LogP contribution is 2.44. The van der Waals surface area contributed by atoms with Crippen molar-refractivity contribution in [3.05, 3.63) is 23.8 Å². The minimum atomic E-state index is 0.488. The van der Waals surface area contributed by atoms with Crippen molar-refractivity contribution in [3.8, 4) is 11.5 Å². The third-order valence-corrected chi connectivity index (χ3v) is 4.90. The molecule has 0 aromatic heterocycles. The highest BCUT2D eigenvalue weighted by molar-refractivity contribution is 5.43. The number of methoxy groups -OCH3 is 2. The summed E-state index contributed by atoms with van der Waals surface area (Å²) in [7, 11) is 3.46. The predicted molar refractivity (Wildman–Crippen MR) is 84.1 cm³/mol. The molecule has 1 aliphatic heterocycles. The molecule has 0 unspecified atom stereocenters. The maximum atomic E-state index is 5.66. The van der Waals surface area contributed by atoms with Crippen LogP contribution < -0.4 is 14.8 Å². The molecule has 1 aliphatic carbocycles. The van der Waals surface area contributed by atoms with Gasteiger partial charge in [0.15, 0.2) is 0 Å². The Kier molecular flexibility index (Phi) is 4.66. The standard InChI is InChI=1S/C17H26N2O2/c1-20-14-6-7-15(16(12-14)21-2)17(13-4-3-5-13)19-10-8-18-9-11-19/h6-7,12-13,17-18H,3-5,8-11H2,1-2H3/t17-/m1/s1. The van der Waals surface area contributed by atoms with E-state index < -0.39 is 0 Å². The minimum absolute atomic E-state index is 0.488. The Hall–Kier alpha value is -1.26. The van der Waals surface area contributed by atoms with Gasteiger partial charge in [0, 0.05) is 43.9 Å². The highest BCUT2D eigenvalue weighted by atomic mass is 16.5. The molecule has 4 nitrogen and oxygen atoms in total. The number of rotatable bonds is 5. The first-order chi connectivity index (χ1) is 10.3. The topological polar surface area (TPSA) is 33.7 Å². The Balaban J connectivity index is 1.91. The number of nitrogens with one attached hydrogen (secondary N) is 1. The normalized spacial score (nSPS) is 21.6. The van der Waals surface area contributed by atoms with E-state index in [4.69, 9.17) is 9.47 Å². The highest BCUT2D eigenvalue weighted by Gasteiger charge is 2.35. The lowest BCUT2D eigenvalue weighted by Gasteiger charge is -2.43. The van der Waals surface area contributed by atoms with Crippen LogP contribution in [0.2, 0.25) is 0 Å². The molecule has 0 radical (unpaired) electrons. The first-order valence-electron chi connectivity index (χ1n) is 8.00. The Morgan fingerprint density at radius 1 is 1.14 bits per heavy atom. The van der Waals surface area contributed by atoms with Crippen LogP contribution >= 0.6 is 0 Å². The van der Waals surface area contributed by atoms with E-state index in [0.717, 1.165) is 43.6 Å². The predicted octanol–water partition coefficient (Wildman–Crippen LogP) is 2.45. The zero-order chi connectivity index (χ0) is 14.7. The Labute approximate surface area is 127 Å². The van der Waals surface area contributed by atoms with Crippen molar-refractivity contribution in [2.45, 2.75) is 25.3 Å². The Morgan fingerprint density at radius 2 is 1.90 bits per heavy atom. The minimum Gasteiger partial charge on any atom is -0.497 e. The fourth-order valence-corrected chi connectivity index (χ4v) is 3.53. The molecule has 1 aromatic rings. The second-order valence-corrected chi connectivity index (χ2v) is 6.03. The van der Waals surface area contributed by atoms with Crippen molar-refractivity contribution < 1.29 is 9.47 Å². The molecule has 3 rings (SSSR count). The fraction of sp³-hybridized carbons (Fsp3) is 0.647. The summed E-state index contributed by atoms with van der Waals surface area (Å²) in [6.45, 7) is 4.41. The van der Waals surface area contributed by atoms with E-state index in [1.54, 1.807) is 14.2 Å². The lowest BCUT2D eigenvalue weighted by molar-refractivity contribution is 0.0818. The lowest BCUT2D eigenvalue weighted by Crippen LogP contribution is -2.47. The molecule has 0 amide bonds. The molecule has 2 fully saturated rings. The Morgan fingerprint density at radius 3 is 2.48 bits per heavy atom. The molecule has 1 aromatic carbocycles. The van der Waals surface area contributed by atoms with Crippen LogP contribution in [-0.4, -0.2) is 45.3 Å². The van der Waals surface area contributed by atoms with Crippen LogP contribution in [0.1, 0.15) is 30.9 Å². The van der Waals surface area contributed by atoms with Gasteiger partial charge in [-0.15, -0.1) is 0 Å². The molecule has 2 aliphatic rings. The first kappa shape index (κ1) is 14.7. The van der Waals surface area contributed by atoms with Crippen LogP contribution in [0.15, 0.2) is 18.2 Å². The molecule has 116 valence electrons. The number of nitrogens with zero attached hydrogens (tertiary/aromatic N) is 1. The van der Waals surface area contributed by atoms with Crippen LogP contribution in [0, 0.1) is 5.92 Å². The number of benzene rings is 1. The molecule has 1 heterocycles. The van der Waals surface area contributed by atoms with Crippen LogP contribution in [0.3, 0.4) is 0 Å². The largest absolute Gasteiger partial charge is 0.497 e. The second kappa shape index (κ2) is 6.67. The average molecular weight is 290 g/mol. The van der Waals surface area contributed by atoms with E-state index in [9.17, 15) is 0 Å². The second-order valence-electron chi connectivity index (χ2n) is 6.03. The zero-order valence-electron chi connectivity index (χ0n) is 13.1. The summed E-state index contributed by atoms with van der Waals surface area (Å²) in [5.74, 6) is 2.60. The third-order valence-electron chi connectivity index (χ3n) is 4.90. The number of piperazine rings is 1.